The van der Waals surface area contributed by atoms with Gasteiger partial charge in [0.05, 0.1) is 21.6 Å². The van der Waals surface area contributed by atoms with Crippen molar-refractivity contribution < 1.29 is 0 Å². The fraction of sp³-hybridized carbons (Fsp3) is 0.235. The second-order valence-electron chi connectivity index (χ2n) is 5.24. The molecule has 0 bridgehead atoms. The van der Waals surface area contributed by atoms with Gasteiger partial charge in [0.15, 0.2) is 5.11 Å². The van der Waals surface area contributed by atoms with E-state index in [1.54, 1.807) is 11.3 Å². The molecule has 0 radical (unpaired) electrons. The lowest BCUT2D eigenvalue weighted by Crippen LogP contribution is -2.34. The smallest absolute Gasteiger partial charge is 0.174 e. The molecule has 1 heterocycles. The highest BCUT2D eigenvalue weighted by molar-refractivity contribution is 7.80. The van der Waals surface area contributed by atoms with Crippen molar-refractivity contribution in [2.24, 2.45) is 0 Å². The van der Waals surface area contributed by atoms with Crippen molar-refractivity contribution in [1.82, 2.24) is 4.90 Å². The van der Waals surface area contributed by atoms with Crippen LogP contribution in [0.1, 0.15) is 16.0 Å². The van der Waals surface area contributed by atoms with Crippen molar-refractivity contribution in [1.29, 1.82) is 0 Å². The van der Waals surface area contributed by atoms with Crippen LogP contribution in [0.4, 0.5) is 5.69 Å². The van der Waals surface area contributed by atoms with E-state index in [9.17, 15) is 0 Å². The SMILES string of the molecule is C=CCN(Cc1ccc(Cl)s1)C(=S)Nc1c(C)cc(C)cc1Cl. The van der Waals surface area contributed by atoms with Gasteiger partial charge in [0.25, 0.3) is 0 Å². The fourth-order valence-electron chi connectivity index (χ4n) is 2.26. The van der Waals surface area contributed by atoms with Gasteiger partial charge in [-0.1, -0.05) is 35.3 Å². The highest BCUT2D eigenvalue weighted by Gasteiger charge is 2.13. The van der Waals surface area contributed by atoms with Crippen molar-refractivity contribution in [3.05, 3.63) is 62.3 Å². The highest BCUT2D eigenvalue weighted by atomic mass is 35.5. The maximum atomic E-state index is 6.35. The Labute approximate surface area is 156 Å². The predicted molar refractivity (Wildman–Crippen MR) is 107 cm³/mol. The Kier molecular flexibility index (Phi) is 6.48. The number of aryl methyl sites for hydroxylation is 2. The largest absolute Gasteiger partial charge is 0.340 e. The van der Waals surface area contributed by atoms with Crippen LogP contribution in [0, 0.1) is 13.8 Å². The molecule has 1 N–H and O–H groups in total. The summed E-state index contributed by atoms with van der Waals surface area (Å²) in [6.45, 7) is 9.16. The van der Waals surface area contributed by atoms with Crippen molar-refractivity contribution in [2.75, 3.05) is 11.9 Å². The van der Waals surface area contributed by atoms with Crippen LogP contribution in [-0.4, -0.2) is 16.6 Å². The van der Waals surface area contributed by atoms with Gasteiger partial charge in [-0.05, 0) is 55.4 Å². The number of hydrogen-bond acceptors (Lipinski definition) is 2. The number of thiophene rings is 1. The van der Waals surface area contributed by atoms with Crippen molar-refractivity contribution in [2.45, 2.75) is 20.4 Å². The maximum Gasteiger partial charge on any atom is 0.174 e. The Bertz CT molecular complexity index is 702. The summed E-state index contributed by atoms with van der Waals surface area (Å²) >= 11 is 19.5. The highest BCUT2D eigenvalue weighted by Crippen LogP contribution is 2.28. The number of thiocarbonyl (C=S) groups is 1. The summed E-state index contributed by atoms with van der Waals surface area (Å²) < 4.78 is 0.773. The van der Waals surface area contributed by atoms with E-state index in [2.05, 4.69) is 18.0 Å². The summed E-state index contributed by atoms with van der Waals surface area (Å²) in [4.78, 5) is 3.17. The zero-order valence-electron chi connectivity index (χ0n) is 13.0. The molecule has 1 aromatic heterocycles. The molecule has 2 nitrogen and oxygen atoms in total. The monoisotopic (exact) mass is 384 g/mol. The van der Waals surface area contributed by atoms with E-state index in [1.807, 2.05) is 43.0 Å². The van der Waals surface area contributed by atoms with Gasteiger partial charge in [-0.15, -0.1) is 17.9 Å². The summed E-state index contributed by atoms with van der Waals surface area (Å²) in [7, 11) is 0. The average molecular weight is 385 g/mol. The van der Waals surface area contributed by atoms with Crippen LogP contribution in [0.25, 0.3) is 0 Å². The molecular formula is C17H18Cl2N2S2. The van der Waals surface area contributed by atoms with Crippen LogP contribution in [0.3, 0.4) is 0 Å². The molecule has 0 saturated carbocycles. The minimum absolute atomic E-state index is 0.614. The Morgan fingerprint density at radius 3 is 2.65 bits per heavy atom. The van der Waals surface area contributed by atoms with Gasteiger partial charge in [-0.3, -0.25) is 0 Å². The first-order valence-corrected chi connectivity index (χ1v) is 9.06. The van der Waals surface area contributed by atoms with E-state index in [1.165, 1.54) is 0 Å². The van der Waals surface area contributed by atoms with Crippen LogP contribution < -0.4 is 5.32 Å². The van der Waals surface area contributed by atoms with Gasteiger partial charge in [0, 0.05) is 11.4 Å². The molecule has 2 aromatic rings. The molecule has 0 aliphatic rings. The fourth-order valence-corrected chi connectivity index (χ4v) is 3.97. The lowest BCUT2D eigenvalue weighted by Gasteiger charge is -2.25. The number of nitrogens with one attached hydrogen (secondary N) is 1. The summed E-state index contributed by atoms with van der Waals surface area (Å²) in [5, 5.41) is 4.55. The van der Waals surface area contributed by atoms with Gasteiger partial charge in [0.2, 0.25) is 0 Å². The third-order valence-electron chi connectivity index (χ3n) is 3.28. The van der Waals surface area contributed by atoms with E-state index >= 15 is 0 Å². The van der Waals surface area contributed by atoms with Crippen LogP contribution >= 0.6 is 46.8 Å². The van der Waals surface area contributed by atoms with Gasteiger partial charge >= 0.3 is 0 Å². The summed E-state index contributed by atoms with van der Waals surface area (Å²) in [5.41, 5.74) is 3.04. The lowest BCUT2D eigenvalue weighted by molar-refractivity contribution is 0.468. The second kappa shape index (κ2) is 8.15. The number of anilines is 1. The number of halogens is 2. The third-order valence-corrected chi connectivity index (χ3v) is 5.15. The molecule has 0 spiro atoms. The molecule has 122 valence electrons. The van der Waals surface area contributed by atoms with E-state index in [0.29, 0.717) is 23.2 Å². The first-order chi connectivity index (χ1) is 10.9. The third kappa shape index (κ3) is 4.95. The molecule has 0 aliphatic heterocycles. The molecule has 0 aliphatic carbocycles. The van der Waals surface area contributed by atoms with Crippen LogP contribution in [0.15, 0.2) is 36.9 Å². The molecule has 1 aromatic carbocycles. The first kappa shape index (κ1) is 18.3. The number of hydrogen-bond donors (Lipinski definition) is 1. The molecular weight excluding hydrogens is 367 g/mol. The van der Waals surface area contributed by atoms with Crippen molar-refractivity contribution in [3.8, 4) is 0 Å². The molecule has 23 heavy (non-hydrogen) atoms. The zero-order valence-corrected chi connectivity index (χ0v) is 16.2. The number of nitrogens with zero attached hydrogens (tertiary/aromatic N) is 1. The zero-order chi connectivity index (χ0) is 17.0. The Hall–Kier alpha value is -1.07. The molecule has 0 amide bonds. The minimum Gasteiger partial charge on any atom is -0.340 e. The molecule has 0 unspecified atom stereocenters. The van der Waals surface area contributed by atoms with Crippen LogP contribution in [-0.2, 0) is 6.54 Å². The molecule has 0 fully saturated rings. The standard InChI is InChI=1S/C17H18Cl2N2S2/c1-4-7-21(10-13-5-6-15(19)23-13)17(22)20-16-12(3)8-11(2)9-14(16)18/h4-6,8-9H,1,7,10H2,2-3H3,(H,20,22). The summed E-state index contributed by atoms with van der Waals surface area (Å²) in [6.07, 6.45) is 1.83. The molecule has 6 heteroatoms. The Balaban J connectivity index is 2.16. The topological polar surface area (TPSA) is 15.3 Å². The predicted octanol–water partition coefficient (Wildman–Crippen LogP) is 6.06. The van der Waals surface area contributed by atoms with Crippen LogP contribution in [0.5, 0.6) is 0 Å². The molecule has 2 rings (SSSR count). The first-order valence-electron chi connectivity index (χ1n) is 7.08. The van der Waals surface area contributed by atoms with E-state index in [0.717, 1.165) is 26.0 Å². The quantitative estimate of drug-likeness (QED) is 0.498. The molecule has 0 saturated heterocycles. The van der Waals surface area contributed by atoms with Crippen LogP contribution in [0.2, 0.25) is 9.36 Å². The average Bonchev–Trinajstić information content (AvgIpc) is 2.87. The Morgan fingerprint density at radius 2 is 2.09 bits per heavy atom. The second-order valence-corrected chi connectivity index (χ2v) is 7.84. The minimum atomic E-state index is 0.614. The number of rotatable bonds is 5. The van der Waals surface area contributed by atoms with Gasteiger partial charge in [0.1, 0.15) is 0 Å². The summed E-state index contributed by atoms with van der Waals surface area (Å²) in [5.74, 6) is 0. The number of benzene rings is 1. The van der Waals surface area contributed by atoms with Crippen molar-refractivity contribution >= 4 is 57.6 Å². The van der Waals surface area contributed by atoms with E-state index < -0.39 is 0 Å². The summed E-state index contributed by atoms with van der Waals surface area (Å²) in [6, 6.07) is 7.91. The normalized spacial score (nSPS) is 10.4. The van der Waals surface area contributed by atoms with Gasteiger partial charge in [-0.25, -0.2) is 0 Å². The maximum absolute atomic E-state index is 6.35. The van der Waals surface area contributed by atoms with Gasteiger partial charge in [-0.2, -0.15) is 0 Å². The van der Waals surface area contributed by atoms with E-state index in [-0.39, 0.29) is 0 Å². The van der Waals surface area contributed by atoms with E-state index in [4.69, 9.17) is 35.4 Å². The lowest BCUT2D eigenvalue weighted by atomic mass is 10.1. The molecule has 0 atom stereocenters. The Morgan fingerprint density at radius 1 is 1.35 bits per heavy atom. The van der Waals surface area contributed by atoms with Gasteiger partial charge < -0.3 is 10.2 Å². The van der Waals surface area contributed by atoms with Crippen molar-refractivity contribution in [3.63, 3.8) is 0 Å².